The first-order chi connectivity index (χ1) is 12.4. The van der Waals surface area contributed by atoms with Gasteiger partial charge in [-0.2, -0.15) is 0 Å². The Kier molecular flexibility index (Phi) is 6.62. The van der Waals surface area contributed by atoms with Crippen molar-refractivity contribution < 1.29 is 19.2 Å². The molecule has 0 fully saturated rings. The van der Waals surface area contributed by atoms with Gasteiger partial charge in [-0.25, -0.2) is 4.79 Å². The summed E-state index contributed by atoms with van der Waals surface area (Å²) in [5.41, 5.74) is 1.16. The van der Waals surface area contributed by atoms with Crippen LogP contribution in [0.1, 0.15) is 17.2 Å². The highest BCUT2D eigenvalue weighted by Crippen LogP contribution is 2.18. The van der Waals surface area contributed by atoms with Crippen molar-refractivity contribution in [3.63, 3.8) is 0 Å². The van der Waals surface area contributed by atoms with Crippen molar-refractivity contribution in [1.82, 2.24) is 5.32 Å². The number of nitrogens with zero attached hydrogens (tertiary/aromatic N) is 1. The minimum atomic E-state index is -0.942. The Morgan fingerprint density at radius 1 is 1.15 bits per heavy atom. The molecule has 8 heteroatoms. The summed E-state index contributed by atoms with van der Waals surface area (Å²) in [6.45, 7) is 0. The molecule has 0 aliphatic carbocycles. The summed E-state index contributed by atoms with van der Waals surface area (Å²) in [5, 5.41) is 13.2. The molecule has 0 spiro atoms. The van der Waals surface area contributed by atoms with Gasteiger partial charge in [-0.05, 0) is 41.5 Å². The third-order valence-corrected chi connectivity index (χ3v) is 3.99. The molecule has 1 amide bonds. The highest BCUT2D eigenvalue weighted by Gasteiger charge is 2.22. The molecule has 0 heterocycles. The number of carbonyl (C=O) groups excluding carboxylic acids is 2. The first kappa shape index (κ1) is 19.3. The molecule has 0 aromatic heterocycles. The molecule has 0 bridgehead atoms. The van der Waals surface area contributed by atoms with Gasteiger partial charge < -0.3 is 10.1 Å². The number of nitro groups is 1. The maximum absolute atomic E-state index is 12.1. The minimum Gasteiger partial charge on any atom is -0.467 e. The number of ether oxygens (including phenoxy) is 1. The molecule has 1 atom stereocenters. The average molecular weight is 419 g/mol. The molecule has 7 nitrogen and oxygen atoms in total. The van der Waals surface area contributed by atoms with Crippen molar-refractivity contribution in [3.8, 4) is 0 Å². The van der Waals surface area contributed by atoms with E-state index in [0.717, 1.165) is 4.47 Å². The zero-order valence-electron chi connectivity index (χ0n) is 13.7. The predicted octanol–water partition coefficient (Wildman–Crippen LogP) is 3.40. The molecule has 0 aliphatic heterocycles. The number of non-ortho nitro benzene ring substituents is 1. The molecule has 26 heavy (non-hydrogen) atoms. The van der Waals surface area contributed by atoms with Crippen molar-refractivity contribution in [2.24, 2.45) is 0 Å². The highest BCUT2D eigenvalue weighted by atomic mass is 79.9. The number of hydrogen-bond acceptors (Lipinski definition) is 5. The summed E-state index contributed by atoms with van der Waals surface area (Å²) in [5.74, 6) is -1.09. The number of nitrogens with one attached hydrogen (secondary N) is 1. The van der Waals surface area contributed by atoms with Crippen LogP contribution in [0.2, 0.25) is 0 Å². The lowest BCUT2D eigenvalue weighted by Gasteiger charge is -2.16. The van der Waals surface area contributed by atoms with Crippen molar-refractivity contribution in [2.75, 3.05) is 7.11 Å². The van der Waals surface area contributed by atoms with Crippen LogP contribution in [0.5, 0.6) is 0 Å². The second kappa shape index (κ2) is 8.91. The Morgan fingerprint density at radius 3 is 2.31 bits per heavy atom. The standard InChI is InChI=1S/C18H15BrN2O5/c1-26-18(23)17(13-5-7-14(19)8-6-13)20-16(22)11-4-12-2-9-15(10-3-12)21(24)25/h2-11,17H,1H3,(H,20,22)/b11-4+. The predicted molar refractivity (Wildman–Crippen MR) is 99.2 cm³/mol. The summed E-state index contributed by atoms with van der Waals surface area (Å²) in [7, 11) is 1.24. The van der Waals surface area contributed by atoms with E-state index in [2.05, 4.69) is 21.2 Å². The van der Waals surface area contributed by atoms with E-state index in [1.54, 1.807) is 24.3 Å². The number of halogens is 1. The van der Waals surface area contributed by atoms with E-state index >= 15 is 0 Å². The lowest BCUT2D eigenvalue weighted by Crippen LogP contribution is -2.33. The van der Waals surface area contributed by atoms with Crippen LogP contribution in [-0.4, -0.2) is 23.9 Å². The monoisotopic (exact) mass is 418 g/mol. The van der Waals surface area contributed by atoms with E-state index < -0.39 is 22.8 Å². The number of benzene rings is 2. The normalized spacial score (nSPS) is 11.8. The third kappa shape index (κ3) is 5.25. The summed E-state index contributed by atoms with van der Waals surface area (Å²) < 4.78 is 5.58. The van der Waals surface area contributed by atoms with Gasteiger partial charge in [0.25, 0.3) is 5.69 Å². The van der Waals surface area contributed by atoms with Gasteiger partial charge in [-0.1, -0.05) is 28.1 Å². The first-order valence-corrected chi connectivity index (χ1v) is 8.26. The van der Waals surface area contributed by atoms with E-state index in [4.69, 9.17) is 4.74 Å². The van der Waals surface area contributed by atoms with Crippen LogP contribution in [0.15, 0.2) is 59.1 Å². The van der Waals surface area contributed by atoms with Gasteiger partial charge in [0.15, 0.2) is 6.04 Å². The van der Waals surface area contributed by atoms with Crippen LogP contribution in [-0.2, 0) is 14.3 Å². The number of amides is 1. The Balaban J connectivity index is 2.10. The van der Waals surface area contributed by atoms with Crippen LogP contribution in [0.4, 0.5) is 5.69 Å². The van der Waals surface area contributed by atoms with E-state index in [1.807, 2.05) is 0 Å². The number of carbonyl (C=O) groups is 2. The smallest absolute Gasteiger partial charge is 0.333 e. The topological polar surface area (TPSA) is 98.5 Å². The lowest BCUT2D eigenvalue weighted by atomic mass is 10.1. The number of methoxy groups -OCH3 is 1. The highest BCUT2D eigenvalue weighted by molar-refractivity contribution is 9.10. The van der Waals surface area contributed by atoms with E-state index in [0.29, 0.717) is 11.1 Å². The van der Waals surface area contributed by atoms with Gasteiger partial charge in [0.2, 0.25) is 5.91 Å². The molecular formula is C18H15BrN2O5. The molecule has 2 aromatic carbocycles. The molecule has 134 valence electrons. The van der Waals surface area contributed by atoms with Crippen LogP contribution in [0, 0.1) is 10.1 Å². The lowest BCUT2D eigenvalue weighted by molar-refractivity contribution is -0.384. The Bertz CT molecular complexity index is 832. The van der Waals surface area contributed by atoms with Gasteiger partial charge in [0, 0.05) is 22.7 Å². The fourth-order valence-corrected chi connectivity index (χ4v) is 2.39. The first-order valence-electron chi connectivity index (χ1n) is 7.47. The van der Waals surface area contributed by atoms with Crippen LogP contribution < -0.4 is 5.32 Å². The minimum absolute atomic E-state index is 0.0346. The molecule has 0 saturated heterocycles. The zero-order valence-corrected chi connectivity index (χ0v) is 15.3. The SMILES string of the molecule is COC(=O)C(NC(=O)/C=C/c1ccc([N+](=O)[O-])cc1)c1ccc(Br)cc1. The average Bonchev–Trinajstić information content (AvgIpc) is 2.65. The third-order valence-electron chi connectivity index (χ3n) is 3.46. The quantitative estimate of drug-likeness (QED) is 0.335. The maximum Gasteiger partial charge on any atom is 0.333 e. The second-order valence-electron chi connectivity index (χ2n) is 5.20. The summed E-state index contributed by atoms with van der Waals surface area (Å²) >= 11 is 3.31. The van der Waals surface area contributed by atoms with Crippen molar-refractivity contribution in [3.05, 3.63) is 80.3 Å². The van der Waals surface area contributed by atoms with Crippen molar-refractivity contribution >= 4 is 39.6 Å². The van der Waals surface area contributed by atoms with E-state index in [-0.39, 0.29) is 5.69 Å². The van der Waals surface area contributed by atoms with E-state index in [9.17, 15) is 19.7 Å². The molecule has 1 N–H and O–H groups in total. The molecule has 0 saturated carbocycles. The largest absolute Gasteiger partial charge is 0.467 e. The van der Waals surface area contributed by atoms with Crippen LogP contribution >= 0.6 is 15.9 Å². The fourth-order valence-electron chi connectivity index (χ4n) is 2.12. The summed E-state index contributed by atoms with van der Waals surface area (Å²) in [6.07, 6.45) is 2.74. The Labute approximate surface area is 157 Å². The van der Waals surface area contributed by atoms with Crippen LogP contribution in [0.3, 0.4) is 0 Å². The fraction of sp³-hybridized carbons (Fsp3) is 0.111. The molecule has 2 aromatic rings. The second-order valence-corrected chi connectivity index (χ2v) is 6.11. The maximum atomic E-state index is 12.1. The molecule has 0 aliphatic rings. The van der Waals surface area contributed by atoms with E-state index in [1.165, 1.54) is 43.5 Å². The summed E-state index contributed by atoms with van der Waals surface area (Å²) in [4.78, 5) is 34.2. The van der Waals surface area contributed by atoms with Gasteiger partial charge in [-0.3, -0.25) is 14.9 Å². The zero-order chi connectivity index (χ0) is 19.1. The summed E-state index contributed by atoms with van der Waals surface area (Å²) in [6, 6.07) is 11.7. The molecule has 2 rings (SSSR count). The number of esters is 1. The number of nitro benzene ring substituents is 1. The Morgan fingerprint density at radius 2 is 1.77 bits per heavy atom. The van der Waals surface area contributed by atoms with Crippen molar-refractivity contribution in [1.29, 1.82) is 0 Å². The number of rotatable bonds is 6. The van der Waals surface area contributed by atoms with Gasteiger partial charge in [0.05, 0.1) is 12.0 Å². The number of hydrogen-bond donors (Lipinski definition) is 1. The van der Waals surface area contributed by atoms with Gasteiger partial charge >= 0.3 is 5.97 Å². The Hall–Kier alpha value is -3.00. The van der Waals surface area contributed by atoms with Gasteiger partial charge in [-0.15, -0.1) is 0 Å². The molecule has 1 unspecified atom stereocenters. The van der Waals surface area contributed by atoms with Crippen LogP contribution in [0.25, 0.3) is 6.08 Å². The molecular weight excluding hydrogens is 404 g/mol. The molecule has 0 radical (unpaired) electrons. The van der Waals surface area contributed by atoms with Crippen molar-refractivity contribution in [2.45, 2.75) is 6.04 Å². The van der Waals surface area contributed by atoms with Gasteiger partial charge in [0.1, 0.15) is 0 Å².